The fourth-order valence-electron chi connectivity index (χ4n) is 3.64. The van der Waals surface area contributed by atoms with Crippen LogP contribution in [-0.2, 0) is 11.3 Å². The maximum atomic E-state index is 12.9. The fourth-order valence-corrected chi connectivity index (χ4v) is 3.64. The molecule has 1 spiro atoms. The molecule has 5 nitrogen and oxygen atoms in total. The van der Waals surface area contributed by atoms with Gasteiger partial charge in [-0.1, -0.05) is 38.0 Å². The predicted molar refractivity (Wildman–Crippen MR) is 82.4 cm³/mol. The van der Waals surface area contributed by atoms with Crippen molar-refractivity contribution in [1.29, 1.82) is 0 Å². The molecule has 0 radical (unpaired) electrons. The summed E-state index contributed by atoms with van der Waals surface area (Å²) in [5.41, 5.74) is 0.145. The molecule has 2 fully saturated rings. The summed E-state index contributed by atoms with van der Waals surface area (Å²) >= 11 is 0. The molecule has 2 aliphatic rings. The van der Waals surface area contributed by atoms with E-state index < -0.39 is 5.54 Å². The molecule has 1 heterocycles. The number of hydrogen-bond acceptors (Lipinski definition) is 3. The molecule has 3 rings (SSSR count). The van der Waals surface area contributed by atoms with Crippen molar-refractivity contribution in [3.8, 4) is 5.75 Å². The molecule has 1 aromatic carbocycles. The first-order valence-corrected chi connectivity index (χ1v) is 7.84. The van der Waals surface area contributed by atoms with E-state index in [1.165, 1.54) is 4.90 Å². The maximum Gasteiger partial charge on any atom is 0.325 e. The number of rotatable bonds is 3. The minimum atomic E-state index is -0.697. The highest BCUT2D eigenvalue weighted by Gasteiger charge is 2.54. The Kier molecular flexibility index (Phi) is 3.81. The van der Waals surface area contributed by atoms with Crippen molar-refractivity contribution in [2.45, 2.75) is 44.7 Å². The van der Waals surface area contributed by atoms with Gasteiger partial charge in [-0.05, 0) is 24.8 Å². The summed E-state index contributed by atoms with van der Waals surface area (Å²) in [5.74, 6) is 0.789. The van der Waals surface area contributed by atoms with Gasteiger partial charge >= 0.3 is 6.03 Å². The molecule has 5 heteroatoms. The van der Waals surface area contributed by atoms with Gasteiger partial charge in [0, 0.05) is 5.56 Å². The summed E-state index contributed by atoms with van der Waals surface area (Å²) < 4.78 is 5.31. The SMILES string of the molecule is COc1ccccc1CN1C(=O)NC2(CCCCC2C)C1=O. The monoisotopic (exact) mass is 302 g/mol. The van der Waals surface area contributed by atoms with E-state index in [4.69, 9.17) is 4.74 Å². The summed E-state index contributed by atoms with van der Waals surface area (Å²) in [6.07, 6.45) is 3.83. The molecular weight excluding hydrogens is 280 g/mol. The Labute approximate surface area is 130 Å². The Morgan fingerprint density at radius 3 is 2.82 bits per heavy atom. The zero-order valence-corrected chi connectivity index (χ0v) is 13.1. The first-order valence-electron chi connectivity index (χ1n) is 7.84. The molecule has 1 aliphatic carbocycles. The topological polar surface area (TPSA) is 58.6 Å². The van der Waals surface area contributed by atoms with Gasteiger partial charge in [0.05, 0.1) is 13.7 Å². The number of urea groups is 1. The van der Waals surface area contributed by atoms with Gasteiger partial charge < -0.3 is 10.1 Å². The molecule has 0 aromatic heterocycles. The molecule has 22 heavy (non-hydrogen) atoms. The molecule has 3 amide bonds. The van der Waals surface area contributed by atoms with Crippen molar-refractivity contribution in [1.82, 2.24) is 10.2 Å². The first kappa shape index (κ1) is 14.9. The Balaban J connectivity index is 1.86. The summed E-state index contributed by atoms with van der Waals surface area (Å²) in [6.45, 7) is 2.31. The van der Waals surface area contributed by atoms with Crippen LogP contribution in [0.15, 0.2) is 24.3 Å². The van der Waals surface area contributed by atoms with E-state index >= 15 is 0 Å². The van der Waals surface area contributed by atoms with Gasteiger partial charge in [0.1, 0.15) is 11.3 Å². The third-order valence-electron chi connectivity index (χ3n) is 5.02. The summed E-state index contributed by atoms with van der Waals surface area (Å²) in [7, 11) is 1.59. The largest absolute Gasteiger partial charge is 0.496 e. The molecule has 1 saturated heterocycles. The van der Waals surface area contributed by atoms with Gasteiger partial charge in [-0.2, -0.15) is 0 Å². The first-order chi connectivity index (χ1) is 10.6. The number of nitrogens with one attached hydrogen (secondary N) is 1. The highest BCUT2D eigenvalue weighted by atomic mass is 16.5. The molecule has 1 N–H and O–H groups in total. The number of amides is 3. The lowest BCUT2D eigenvalue weighted by Gasteiger charge is -2.36. The Morgan fingerprint density at radius 2 is 2.09 bits per heavy atom. The van der Waals surface area contributed by atoms with Crippen LogP contribution in [0.25, 0.3) is 0 Å². The lowest BCUT2D eigenvalue weighted by atomic mass is 9.73. The maximum absolute atomic E-state index is 12.9. The highest BCUT2D eigenvalue weighted by molar-refractivity contribution is 6.07. The Morgan fingerprint density at radius 1 is 1.32 bits per heavy atom. The highest BCUT2D eigenvalue weighted by Crippen LogP contribution is 2.38. The van der Waals surface area contributed by atoms with Crippen molar-refractivity contribution in [3.05, 3.63) is 29.8 Å². The Bertz CT molecular complexity index is 601. The normalized spacial score (nSPS) is 28.1. The standard InChI is InChI=1S/C17H22N2O3/c1-12-7-5-6-10-17(12)15(20)19(16(21)18-17)11-13-8-3-4-9-14(13)22-2/h3-4,8-9,12H,5-7,10-11H2,1-2H3,(H,18,21). The third kappa shape index (κ3) is 2.25. The molecule has 1 saturated carbocycles. The molecule has 2 atom stereocenters. The van der Waals surface area contributed by atoms with Gasteiger partial charge in [0.2, 0.25) is 0 Å². The molecular formula is C17H22N2O3. The van der Waals surface area contributed by atoms with Gasteiger partial charge in [0.15, 0.2) is 0 Å². The lowest BCUT2D eigenvalue weighted by Crippen LogP contribution is -2.53. The van der Waals surface area contributed by atoms with Gasteiger partial charge in [0.25, 0.3) is 5.91 Å². The third-order valence-corrected chi connectivity index (χ3v) is 5.02. The van der Waals surface area contributed by atoms with Crippen LogP contribution in [0.3, 0.4) is 0 Å². The second-order valence-corrected chi connectivity index (χ2v) is 6.25. The van der Waals surface area contributed by atoms with Crippen LogP contribution in [0.1, 0.15) is 38.2 Å². The van der Waals surface area contributed by atoms with Crippen molar-refractivity contribution in [2.75, 3.05) is 7.11 Å². The minimum Gasteiger partial charge on any atom is -0.496 e. The van der Waals surface area contributed by atoms with E-state index in [9.17, 15) is 9.59 Å². The quantitative estimate of drug-likeness (QED) is 0.873. The van der Waals surface area contributed by atoms with E-state index in [-0.39, 0.29) is 24.4 Å². The van der Waals surface area contributed by atoms with Gasteiger partial charge in [-0.25, -0.2) is 4.79 Å². The van der Waals surface area contributed by atoms with Crippen molar-refractivity contribution in [3.63, 3.8) is 0 Å². The molecule has 0 bridgehead atoms. The minimum absolute atomic E-state index is 0.0874. The smallest absolute Gasteiger partial charge is 0.325 e. The van der Waals surface area contributed by atoms with Crippen LogP contribution < -0.4 is 10.1 Å². The molecule has 2 unspecified atom stereocenters. The van der Waals surface area contributed by atoms with Crippen LogP contribution in [0.4, 0.5) is 4.79 Å². The number of carbonyl (C=O) groups is 2. The summed E-state index contributed by atoms with van der Waals surface area (Å²) in [5, 5.41) is 2.97. The second kappa shape index (κ2) is 5.63. The number of nitrogens with zero attached hydrogens (tertiary/aromatic N) is 1. The number of benzene rings is 1. The van der Waals surface area contributed by atoms with E-state index in [1.54, 1.807) is 7.11 Å². The number of imide groups is 1. The predicted octanol–water partition coefficient (Wildman–Crippen LogP) is 2.70. The van der Waals surface area contributed by atoms with Crippen LogP contribution >= 0.6 is 0 Å². The fraction of sp³-hybridized carbons (Fsp3) is 0.529. The van der Waals surface area contributed by atoms with E-state index in [2.05, 4.69) is 12.2 Å². The van der Waals surface area contributed by atoms with E-state index in [0.29, 0.717) is 5.75 Å². The zero-order chi connectivity index (χ0) is 15.7. The molecule has 118 valence electrons. The van der Waals surface area contributed by atoms with Crippen LogP contribution in [0.2, 0.25) is 0 Å². The zero-order valence-electron chi connectivity index (χ0n) is 13.1. The summed E-state index contributed by atoms with van der Waals surface area (Å²) in [6, 6.07) is 7.19. The second-order valence-electron chi connectivity index (χ2n) is 6.25. The van der Waals surface area contributed by atoms with Crippen LogP contribution in [-0.4, -0.2) is 29.5 Å². The molecule has 1 aliphatic heterocycles. The summed E-state index contributed by atoms with van der Waals surface area (Å²) in [4.78, 5) is 26.6. The van der Waals surface area contributed by atoms with Gasteiger partial charge in [-0.3, -0.25) is 9.69 Å². The number of hydrogen-bond donors (Lipinski definition) is 1. The molecule has 1 aromatic rings. The average Bonchev–Trinajstić information content (AvgIpc) is 2.76. The van der Waals surface area contributed by atoms with Crippen molar-refractivity contribution >= 4 is 11.9 Å². The number of ether oxygens (including phenoxy) is 1. The Hall–Kier alpha value is -2.04. The number of methoxy groups -OCH3 is 1. The van der Waals surface area contributed by atoms with E-state index in [0.717, 1.165) is 31.2 Å². The number of carbonyl (C=O) groups excluding carboxylic acids is 2. The average molecular weight is 302 g/mol. The van der Waals surface area contributed by atoms with E-state index in [1.807, 2.05) is 24.3 Å². The number of para-hydroxylation sites is 1. The van der Waals surface area contributed by atoms with Crippen molar-refractivity contribution < 1.29 is 14.3 Å². The van der Waals surface area contributed by atoms with Crippen molar-refractivity contribution in [2.24, 2.45) is 5.92 Å². The lowest BCUT2D eigenvalue weighted by molar-refractivity contribution is -0.134. The van der Waals surface area contributed by atoms with Crippen LogP contribution in [0, 0.1) is 5.92 Å². The van der Waals surface area contributed by atoms with Gasteiger partial charge in [-0.15, -0.1) is 0 Å². The van der Waals surface area contributed by atoms with Crippen LogP contribution in [0.5, 0.6) is 5.75 Å².